The number of para-hydroxylation sites is 1. The fourth-order valence-corrected chi connectivity index (χ4v) is 1.67. The van der Waals surface area contributed by atoms with Crippen LogP contribution in [0.15, 0.2) is 24.3 Å². The number of hydrogen-bond donors (Lipinski definition) is 3. The first kappa shape index (κ1) is 13.5. The van der Waals surface area contributed by atoms with E-state index < -0.39 is 0 Å². The summed E-state index contributed by atoms with van der Waals surface area (Å²) in [5.74, 6) is 0.161. The van der Waals surface area contributed by atoms with Crippen LogP contribution in [-0.2, 0) is 0 Å². The second-order valence-corrected chi connectivity index (χ2v) is 4.08. The van der Waals surface area contributed by atoms with Crippen molar-refractivity contribution < 1.29 is 9.90 Å². The summed E-state index contributed by atoms with van der Waals surface area (Å²) in [5, 5.41) is 11.7. The van der Waals surface area contributed by atoms with Crippen LogP contribution in [0.3, 0.4) is 0 Å². The molecule has 0 heterocycles. The molecule has 4 heteroatoms. The number of carbonyl (C=O) groups is 1. The van der Waals surface area contributed by atoms with Gasteiger partial charge in [-0.2, -0.15) is 0 Å². The smallest absolute Gasteiger partial charge is 0.253 e. The number of carbonyl (C=O) groups excluding carboxylic acids is 1. The summed E-state index contributed by atoms with van der Waals surface area (Å²) in [4.78, 5) is 11.8. The van der Waals surface area contributed by atoms with Crippen molar-refractivity contribution in [1.82, 2.24) is 5.32 Å². The first-order chi connectivity index (χ1) is 8.19. The number of aliphatic hydroxyl groups is 1. The summed E-state index contributed by atoms with van der Waals surface area (Å²) >= 11 is 0. The molecule has 94 valence electrons. The van der Waals surface area contributed by atoms with Gasteiger partial charge in [0.2, 0.25) is 0 Å². The molecule has 0 bridgehead atoms. The van der Waals surface area contributed by atoms with Gasteiger partial charge < -0.3 is 16.2 Å². The molecule has 1 amide bonds. The molecular formula is C13H20N2O2. The fourth-order valence-electron chi connectivity index (χ4n) is 1.67. The summed E-state index contributed by atoms with van der Waals surface area (Å²) in [6, 6.07) is 7.00. The van der Waals surface area contributed by atoms with Gasteiger partial charge in [-0.1, -0.05) is 25.5 Å². The lowest BCUT2D eigenvalue weighted by Gasteiger charge is -2.14. The van der Waals surface area contributed by atoms with E-state index in [1.807, 2.05) is 6.92 Å². The van der Waals surface area contributed by atoms with Crippen LogP contribution in [0.2, 0.25) is 0 Å². The van der Waals surface area contributed by atoms with Crippen LogP contribution in [0, 0.1) is 5.92 Å². The van der Waals surface area contributed by atoms with E-state index >= 15 is 0 Å². The van der Waals surface area contributed by atoms with Gasteiger partial charge in [0.25, 0.3) is 5.91 Å². The minimum absolute atomic E-state index is 0.153. The van der Waals surface area contributed by atoms with E-state index in [1.54, 1.807) is 24.3 Å². The van der Waals surface area contributed by atoms with Gasteiger partial charge in [0.15, 0.2) is 0 Å². The van der Waals surface area contributed by atoms with E-state index in [-0.39, 0.29) is 12.5 Å². The molecule has 0 saturated heterocycles. The molecule has 0 aromatic heterocycles. The van der Waals surface area contributed by atoms with E-state index in [0.29, 0.717) is 30.1 Å². The van der Waals surface area contributed by atoms with Gasteiger partial charge >= 0.3 is 0 Å². The summed E-state index contributed by atoms with van der Waals surface area (Å²) in [5.41, 5.74) is 6.71. The van der Waals surface area contributed by atoms with Crippen molar-refractivity contribution in [1.29, 1.82) is 0 Å². The third kappa shape index (κ3) is 4.07. The highest BCUT2D eigenvalue weighted by atomic mass is 16.3. The molecule has 0 aliphatic rings. The van der Waals surface area contributed by atoms with Crippen LogP contribution in [0.4, 0.5) is 5.69 Å². The third-order valence-electron chi connectivity index (χ3n) is 2.87. The first-order valence-electron chi connectivity index (χ1n) is 5.92. The Morgan fingerprint density at radius 2 is 2.18 bits per heavy atom. The first-order valence-corrected chi connectivity index (χ1v) is 5.92. The average molecular weight is 236 g/mol. The second kappa shape index (κ2) is 6.91. The lowest BCUT2D eigenvalue weighted by molar-refractivity contribution is 0.0944. The van der Waals surface area contributed by atoms with Gasteiger partial charge in [0, 0.05) is 18.8 Å². The van der Waals surface area contributed by atoms with Crippen molar-refractivity contribution in [3.05, 3.63) is 29.8 Å². The summed E-state index contributed by atoms with van der Waals surface area (Å²) in [7, 11) is 0. The molecule has 0 radical (unpaired) electrons. The molecule has 1 rings (SSSR count). The number of benzene rings is 1. The Bertz CT molecular complexity index is 366. The number of nitrogen functional groups attached to an aromatic ring is 1. The van der Waals surface area contributed by atoms with Gasteiger partial charge in [0.05, 0.1) is 5.56 Å². The van der Waals surface area contributed by atoms with E-state index in [1.165, 1.54) is 0 Å². The highest BCUT2D eigenvalue weighted by molar-refractivity contribution is 5.99. The molecule has 1 aromatic carbocycles. The monoisotopic (exact) mass is 236 g/mol. The summed E-state index contributed by atoms with van der Waals surface area (Å²) in [6.45, 7) is 2.77. The van der Waals surface area contributed by atoms with Gasteiger partial charge in [-0.3, -0.25) is 4.79 Å². The average Bonchev–Trinajstić information content (AvgIpc) is 2.34. The Labute approximate surface area is 102 Å². The van der Waals surface area contributed by atoms with Gasteiger partial charge in [0.1, 0.15) is 0 Å². The quantitative estimate of drug-likeness (QED) is 0.654. The summed E-state index contributed by atoms with van der Waals surface area (Å²) in [6.07, 6.45) is 1.65. The Morgan fingerprint density at radius 1 is 1.47 bits per heavy atom. The molecular weight excluding hydrogens is 216 g/mol. The number of amides is 1. The standard InChI is InChI=1S/C13H20N2O2/c1-2-10(7-8-16)9-15-13(17)11-5-3-4-6-12(11)14/h3-6,10,16H,2,7-9,14H2,1H3,(H,15,17). The van der Waals surface area contributed by atoms with Gasteiger partial charge in [-0.05, 0) is 24.5 Å². The Morgan fingerprint density at radius 3 is 2.76 bits per heavy atom. The van der Waals surface area contributed by atoms with Crippen LogP contribution < -0.4 is 11.1 Å². The SMILES string of the molecule is CCC(CCO)CNC(=O)c1ccccc1N. The molecule has 1 atom stereocenters. The van der Waals surface area contributed by atoms with Crippen molar-refractivity contribution in [2.45, 2.75) is 19.8 Å². The van der Waals surface area contributed by atoms with E-state index in [9.17, 15) is 4.79 Å². The lowest BCUT2D eigenvalue weighted by Crippen LogP contribution is -2.30. The lowest BCUT2D eigenvalue weighted by atomic mass is 10.0. The second-order valence-electron chi connectivity index (χ2n) is 4.08. The normalized spacial score (nSPS) is 12.1. The van der Waals surface area contributed by atoms with Crippen LogP contribution in [0.25, 0.3) is 0 Å². The zero-order valence-corrected chi connectivity index (χ0v) is 10.1. The number of nitrogens with one attached hydrogen (secondary N) is 1. The van der Waals surface area contributed by atoms with Crippen LogP contribution >= 0.6 is 0 Å². The van der Waals surface area contributed by atoms with Gasteiger partial charge in [-0.15, -0.1) is 0 Å². The van der Waals surface area contributed by atoms with E-state index in [2.05, 4.69) is 5.32 Å². The van der Waals surface area contributed by atoms with Crippen molar-refractivity contribution in [2.75, 3.05) is 18.9 Å². The molecule has 1 aromatic rings. The molecule has 4 nitrogen and oxygen atoms in total. The number of rotatable bonds is 6. The third-order valence-corrected chi connectivity index (χ3v) is 2.87. The van der Waals surface area contributed by atoms with Crippen molar-refractivity contribution in [2.24, 2.45) is 5.92 Å². The number of nitrogens with two attached hydrogens (primary N) is 1. The number of aliphatic hydroxyl groups excluding tert-OH is 1. The summed E-state index contributed by atoms with van der Waals surface area (Å²) < 4.78 is 0. The molecule has 0 aliphatic carbocycles. The van der Waals surface area contributed by atoms with Crippen LogP contribution in [0.1, 0.15) is 30.1 Å². The predicted octanol–water partition coefficient (Wildman–Crippen LogP) is 1.41. The Hall–Kier alpha value is -1.55. The maximum Gasteiger partial charge on any atom is 0.253 e. The highest BCUT2D eigenvalue weighted by Gasteiger charge is 2.11. The zero-order chi connectivity index (χ0) is 12.7. The maximum absolute atomic E-state index is 11.8. The van der Waals surface area contributed by atoms with Crippen LogP contribution in [-0.4, -0.2) is 24.2 Å². The minimum Gasteiger partial charge on any atom is -0.398 e. The van der Waals surface area contributed by atoms with Crippen molar-refractivity contribution in [3.63, 3.8) is 0 Å². The zero-order valence-electron chi connectivity index (χ0n) is 10.1. The number of anilines is 1. The van der Waals surface area contributed by atoms with E-state index in [4.69, 9.17) is 10.8 Å². The van der Waals surface area contributed by atoms with E-state index in [0.717, 1.165) is 6.42 Å². The fraction of sp³-hybridized carbons (Fsp3) is 0.462. The Kier molecular flexibility index (Phi) is 5.49. The molecule has 17 heavy (non-hydrogen) atoms. The topological polar surface area (TPSA) is 75.3 Å². The Balaban J connectivity index is 2.52. The molecule has 0 spiro atoms. The van der Waals surface area contributed by atoms with Crippen molar-refractivity contribution >= 4 is 11.6 Å². The van der Waals surface area contributed by atoms with Gasteiger partial charge in [-0.25, -0.2) is 0 Å². The van der Waals surface area contributed by atoms with Crippen molar-refractivity contribution in [3.8, 4) is 0 Å². The molecule has 0 aliphatic heterocycles. The molecule has 1 unspecified atom stereocenters. The predicted molar refractivity (Wildman–Crippen MR) is 68.7 cm³/mol. The largest absolute Gasteiger partial charge is 0.398 e. The molecule has 0 saturated carbocycles. The van der Waals surface area contributed by atoms with Crippen LogP contribution in [0.5, 0.6) is 0 Å². The molecule has 4 N–H and O–H groups in total. The number of hydrogen-bond acceptors (Lipinski definition) is 3. The highest BCUT2D eigenvalue weighted by Crippen LogP contribution is 2.11. The molecule has 0 fully saturated rings. The maximum atomic E-state index is 11.8. The minimum atomic E-state index is -0.153.